The minimum absolute atomic E-state index is 0.193. The van der Waals surface area contributed by atoms with E-state index < -0.39 is 7.12 Å². The van der Waals surface area contributed by atoms with E-state index in [0.717, 1.165) is 25.3 Å². The van der Waals surface area contributed by atoms with Crippen LogP contribution in [0.25, 0.3) is 0 Å². The fourth-order valence-corrected chi connectivity index (χ4v) is 3.45. The van der Waals surface area contributed by atoms with Crippen molar-refractivity contribution in [2.75, 3.05) is 18.8 Å². The highest BCUT2D eigenvalue weighted by Gasteiger charge is 2.24. The van der Waals surface area contributed by atoms with Crippen molar-refractivity contribution in [2.45, 2.75) is 31.6 Å². The van der Waals surface area contributed by atoms with E-state index in [1.165, 1.54) is 6.07 Å². The van der Waals surface area contributed by atoms with Gasteiger partial charge in [0.25, 0.3) is 0 Å². The molecule has 0 bridgehead atoms. The number of thioether (sulfide) groups is 1. The Kier molecular flexibility index (Phi) is 5.12. The molecule has 0 atom stereocenters. The second kappa shape index (κ2) is 6.47. The molecule has 0 unspecified atom stereocenters. The van der Waals surface area contributed by atoms with Crippen LogP contribution in [0.4, 0.5) is 4.39 Å². The zero-order valence-electron chi connectivity index (χ0n) is 12.0. The van der Waals surface area contributed by atoms with Crippen molar-refractivity contribution in [3.05, 3.63) is 29.6 Å². The smallest absolute Gasteiger partial charge is 0.423 e. The molecular formula is C14H21BFNO2S. The lowest BCUT2D eigenvalue weighted by atomic mass is 9.80. The average molecular weight is 297 g/mol. The third-order valence-corrected chi connectivity index (χ3v) is 5.07. The molecule has 20 heavy (non-hydrogen) atoms. The Morgan fingerprint density at radius 3 is 2.75 bits per heavy atom. The number of hydrogen-bond donors (Lipinski definition) is 2. The van der Waals surface area contributed by atoms with Crippen molar-refractivity contribution < 1.29 is 14.4 Å². The van der Waals surface area contributed by atoms with Crippen LogP contribution in [-0.2, 0) is 6.54 Å². The molecule has 1 aliphatic heterocycles. The summed E-state index contributed by atoms with van der Waals surface area (Å²) in [5.74, 6) is 0.689. The Morgan fingerprint density at radius 1 is 1.35 bits per heavy atom. The molecule has 3 nitrogen and oxygen atoms in total. The Bertz CT molecular complexity index is 470. The van der Waals surface area contributed by atoms with Crippen molar-refractivity contribution in [3.8, 4) is 0 Å². The topological polar surface area (TPSA) is 43.7 Å². The molecule has 6 heteroatoms. The van der Waals surface area contributed by atoms with E-state index in [1.54, 1.807) is 12.1 Å². The zero-order chi connectivity index (χ0) is 14.8. The van der Waals surface area contributed by atoms with Gasteiger partial charge in [0.15, 0.2) is 0 Å². The van der Waals surface area contributed by atoms with Crippen LogP contribution in [0.15, 0.2) is 18.2 Å². The summed E-state index contributed by atoms with van der Waals surface area (Å²) in [4.78, 5) is 2.26. The van der Waals surface area contributed by atoms with Crippen LogP contribution in [-0.4, -0.2) is 45.7 Å². The summed E-state index contributed by atoms with van der Waals surface area (Å²) in [6.45, 7) is 6.99. The summed E-state index contributed by atoms with van der Waals surface area (Å²) in [5.41, 5.74) is 0.804. The fourth-order valence-electron chi connectivity index (χ4n) is 2.31. The number of halogens is 1. The van der Waals surface area contributed by atoms with Crippen LogP contribution in [0, 0.1) is 5.82 Å². The van der Waals surface area contributed by atoms with Crippen LogP contribution in [0.3, 0.4) is 0 Å². The highest BCUT2D eigenvalue weighted by molar-refractivity contribution is 8.00. The molecule has 2 N–H and O–H groups in total. The standard InChI is InChI=1S/C14H21BFNO2S/c1-14(2)5-6-17(7-8-20-14)10-11-3-4-12(15(18)19)9-13(11)16/h3-4,9,18-19H,5-8,10H2,1-2H3. The molecule has 1 saturated heterocycles. The molecule has 1 fully saturated rings. The first-order valence-electron chi connectivity index (χ1n) is 6.88. The molecular weight excluding hydrogens is 276 g/mol. The van der Waals surface area contributed by atoms with Crippen LogP contribution < -0.4 is 5.46 Å². The first-order valence-corrected chi connectivity index (χ1v) is 7.87. The quantitative estimate of drug-likeness (QED) is 0.824. The maximum Gasteiger partial charge on any atom is 0.488 e. The van der Waals surface area contributed by atoms with Crippen molar-refractivity contribution in [1.29, 1.82) is 0 Å². The second-order valence-corrected chi connectivity index (χ2v) is 7.66. The van der Waals surface area contributed by atoms with Crippen LogP contribution >= 0.6 is 11.8 Å². The third-order valence-electron chi connectivity index (χ3n) is 3.70. The van der Waals surface area contributed by atoms with E-state index in [4.69, 9.17) is 10.0 Å². The van der Waals surface area contributed by atoms with Gasteiger partial charge in [-0.1, -0.05) is 26.0 Å². The highest BCUT2D eigenvalue weighted by atomic mass is 32.2. The summed E-state index contributed by atoms with van der Waals surface area (Å²) < 4.78 is 14.3. The molecule has 1 aromatic carbocycles. The molecule has 0 amide bonds. The predicted molar refractivity (Wildman–Crippen MR) is 82.7 cm³/mol. The lowest BCUT2D eigenvalue weighted by Gasteiger charge is -2.22. The van der Waals surface area contributed by atoms with Gasteiger partial charge in [0, 0.05) is 29.2 Å². The zero-order valence-corrected chi connectivity index (χ0v) is 12.8. The second-order valence-electron chi connectivity index (χ2n) is 5.86. The minimum atomic E-state index is -1.62. The molecule has 1 aromatic rings. The monoisotopic (exact) mass is 297 g/mol. The number of hydrogen-bond acceptors (Lipinski definition) is 4. The predicted octanol–water partition coefficient (Wildman–Crippen LogP) is 1.22. The van der Waals surface area contributed by atoms with Gasteiger partial charge in [0.1, 0.15) is 5.82 Å². The van der Waals surface area contributed by atoms with Crippen molar-refractivity contribution in [3.63, 3.8) is 0 Å². The summed E-state index contributed by atoms with van der Waals surface area (Å²) in [6.07, 6.45) is 1.09. The fraction of sp³-hybridized carbons (Fsp3) is 0.571. The molecule has 0 spiro atoms. The van der Waals surface area contributed by atoms with E-state index in [1.807, 2.05) is 11.8 Å². The van der Waals surface area contributed by atoms with Gasteiger partial charge in [-0.25, -0.2) is 4.39 Å². The third kappa shape index (κ3) is 4.22. The van der Waals surface area contributed by atoms with Gasteiger partial charge >= 0.3 is 7.12 Å². The van der Waals surface area contributed by atoms with E-state index >= 15 is 0 Å². The van der Waals surface area contributed by atoms with Gasteiger partial charge in [-0.15, -0.1) is 0 Å². The number of rotatable bonds is 3. The van der Waals surface area contributed by atoms with Gasteiger partial charge in [0.2, 0.25) is 0 Å². The summed E-state index contributed by atoms with van der Waals surface area (Å²) in [5, 5.41) is 18.1. The number of benzene rings is 1. The average Bonchev–Trinajstić information content (AvgIpc) is 2.53. The van der Waals surface area contributed by atoms with Crippen molar-refractivity contribution in [1.82, 2.24) is 4.90 Å². The molecule has 0 aromatic heterocycles. The lowest BCUT2D eigenvalue weighted by Crippen LogP contribution is -2.31. The van der Waals surface area contributed by atoms with Crippen LogP contribution in [0.1, 0.15) is 25.8 Å². The van der Waals surface area contributed by atoms with Gasteiger partial charge in [-0.3, -0.25) is 4.90 Å². The Balaban J connectivity index is 2.03. The Labute approximate surface area is 124 Å². The van der Waals surface area contributed by atoms with E-state index in [9.17, 15) is 4.39 Å². The maximum atomic E-state index is 14.0. The largest absolute Gasteiger partial charge is 0.488 e. The SMILES string of the molecule is CC1(C)CCN(Cc2ccc(B(O)O)cc2F)CCS1. The van der Waals surface area contributed by atoms with E-state index in [0.29, 0.717) is 12.1 Å². The normalized spacial score (nSPS) is 19.6. The molecule has 1 aliphatic rings. The van der Waals surface area contributed by atoms with Gasteiger partial charge in [-0.2, -0.15) is 11.8 Å². The summed E-state index contributed by atoms with van der Waals surface area (Å²) in [6, 6.07) is 4.42. The highest BCUT2D eigenvalue weighted by Crippen LogP contribution is 2.31. The molecule has 110 valence electrons. The van der Waals surface area contributed by atoms with E-state index in [-0.39, 0.29) is 16.0 Å². The maximum absolute atomic E-state index is 14.0. The molecule has 1 heterocycles. The van der Waals surface area contributed by atoms with Gasteiger partial charge in [-0.05, 0) is 24.5 Å². The summed E-state index contributed by atoms with van der Waals surface area (Å²) in [7, 11) is -1.62. The van der Waals surface area contributed by atoms with Crippen LogP contribution in [0.2, 0.25) is 0 Å². The van der Waals surface area contributed by atoms with Crippen LogP contribution in [0.5, 0.6) is 0 Å². The van der Waals surface area contributed by atoms with Gasteiger partial charge < -0.3 is 10.0 Å². The minimum Gasteiger partial charge on any atom is -0.423 e. The number of nitrogens with zero attached hydrogens (tertiary/aromatic N) is 1. The van der Waals surface area contributed by atoms with E-state index in [2.05, 4.69) is 18.7 Å². The van der Waals surface area contributed by atoms with Gasteiger partial charge in [0.05, 0.1) is 0 Å². The lowest BCUT2D eigenvalue weighted by molar-refractivity contribution is 0.272. The molecule has 0 saturated carbocycles. The van der Waals surface area contributed by atoms with Crippen molar-refractivity contribution >= 4 is 24.3 Å². The molecule has 0 aliphatic carbocycles. The Hall–Kier alpha value is -0.555. The molecule has 2 rings (SSSR count). The summed E-state index contributed by atoms with van der Waals surface area (Å²) >= 11 is 1.96. The first kappa shape index (κ1) is 15.8. The van der Waals surface area contributed by atoms with Crippen molar-refractivity contribution in [2.24, 2.45) is 0 Å². The Morgan fingerprint density at radius 2 is 2.10 bits per heavy atom. The first-order chi connectivity index (χ1) is 9.37. The molecule has 0 radical (unpaired) electrons.